The summed E-state index contributed by atoms with van der Waals surface area (Å²) in [5.74, 6) is -0.731. The van der Waals surface area contributed by atoms with Gasteiger partial charge in [0.1, 0.15) is 6.04 Å². The summed E-state index contributed by atoms with van der Waals surface area (Å²) in [4.78, 5) is 29.4. The van der Waals surface area contributed by atoms with E-state index in [0.717, 1.165) is 40.5 Å². The summed E-state index contributed by atoms with van der Waals surface area (Å²) in [5.41, 5.74) is 5.61. The number of carboxylic acid groups (broad SMARTS) is 1. The van der Waals surface area contributed by atoms with E-state index in [1.165, 1.54) is 10.9 Å². The van der Waals surface area contributed by atoms with Crippen molar-refractivity contribution in [3.05, 3.63) is 101 Å². The number of amides is 1. The van der Waals surface area contributed by atoms with Crippen LogP contribution >= 0.6 is 11.8 Å². The number of carboxylic acids is 1. The summed E-state index contributed by atoms with van der Waals surface area (Å²) in [6.45, 7) is 2.02. The Morgan fingerprint density at radius 1 is 0.973 bits per heavy atom. The molecule has 0 aliphatic rings. The molecule has 186 valence electrons. The zero-order chi connectivity index (χ0) is 25.5. The number of carbonyl (C=O) groups is 2. The number of pyridine rings is 1. The molecular formula is C30H31LiN2O3S. The molecule has 0 spiro atoms. The van der Waals surface area contributed by atoms with Crippen LogP contribution in [-0.2, 0) is 17.6 Å². The molecule has 0 bridgehead atoms. The van der Waals surface area contributed by atoms with Crippen LogP contribution in [-0.4, -0.2) is 58.9 Å². The maximum atomic E-state index is 13.3. The number of carbonyl (C=O) groups excluding carboxylic acids is 1. The topological polar surface area (TPSA) is 79.3 Å². The Morgan fingerprint density at radius 3 is 2.49 bits per heavy atom. The summed E-state index contributed by atoms with van der Waals surface area (Å²) in [6, 6.07) is 21.1. The molecule has 1 atom stereocenters. The Bertz CT molecular complexity index is 1390. The molecule has 0 fully saturated rings. The van der Waals surface area contributed by atoms with E-state index in [-0.39, 0.29) is 24.8 Å². The summed E-state index contributed by atoms with van der Waals surface area (Å²) in [7, 11) is 0. The summed E-state index contributed by atoms with van der Waals surface area (Å²) < 4.78 is 0. The predicted octanol–water partition coefficient (Wildman–Crippen LogP) is 5.28. The Kier molecular flexibility index (Phi) is 10.4. The number of hydrogen-bond acceptors (Lipinski definition) is 4. The molecule has 5 nitrogen and oxygen atoms in total. The fourth-order valence-corrected chi connectivity index (χ4v) is 4.90. The number of fused-ring (bicyclic) bond motifs is 1. The molecule has 1 heterocycles. The summed E-state index contributed by atoms with van der Waals surface area (Å²) in [6.07, 6.45) is 7.72. The number of rotatable bonds is 10. The van der Waals surface area contributed by atoms with Gasteiger partial charge in [0.2, 0.25) is 0 Å². The number of aromatic nitrogens is 1. The van der Waals surface area contributed by atoms with Crippen molar-refractivity contribution in [3.8, 4) is 11.1 Å². The average Bonchev–Trinajstić information content (AvgIpc) is 2.89. The second kappa shape index (κ2) is 13.5. The number of nitrogens with zero attached hydrogens (tertiary/aromatic N) is 1. The molecule has 37 heavy (non-hydrogen) atoms. The first kappa shape index (κ1) is 28.5. The van der Waals surface area contributed by atoms with Gasteiger partial charge in [0.15, 0.2) is 0 Å². The van der Waals surface area contributed by atoms with Crippen LogP contribution in [0.25, 0.3) is 21.9 Å². The van der Waals surface area contributed by atoms with E-state index in [9.17, 15) is 14.7 Å². The fourth-order valence-electron chi connectivity index (χ4n) is 4.43. The summed E-state index contributed by atoms with van der Waals surface area (Å²) in [5, 5.41) is 14.7. The maximum absolute atomic E-state index is 13.3. The molecule has 1 aromatic heterocycles. The molecule has 7 heteroatoms. The number of nitrogens with one attached hydrogen (secondary N) is 1. The van der Waals surface area contributed by atoms with Crippen molar-refractivity contribution >= 4 is 53.3 Å². The SMILES string of the molecule is CSCCC(NC(=O)c1ccc(CCc2cncc3ccccc23)cc1-c1ccccc1C)C(=O)O.[LiH]. The molecule has 1 amide bonds. The predicted molar refractivity (Wildman–Crippen MR) is 155 cm³/mol. The second-order valence-electron chi connectivity index (χ2n) is 8.86. The number of hydrogen-bond donors (Lipinski definition) is 2. The zero-order valence-corrected chi connectivity index (χ0v) is 21.3. The molecular weight excluding hydrogens is 475 g/mol. The van der Waals surface area contributed by atoms with E-state index >= 15 is 0 Å². The molecule has 0 aliphatic carbocycles. The number of aryl methyl sites for hydroxylation is 3. The van der Waals surface area contributed by atoms with E-state index in [1.54, 1.807) is 11.8 Å². The van der Waals surface area contributed by atoms with Crippen molar-refractivity contribution in [2.45, 2.75) is 32.2 Å². The zero-order valence-electron chi connectivity index (χ0n) is 20.5. The third-order valence-corrected chi connectivity index (χ3v) is 7.06. The molecule has 4 rings (SSSR count). The van der Waals surface area contributed by atoms with Crippen molar-refractivity contribution in [3.63, 3.8) is 0 Å². The fraction of sp³-hybridized carbons (Fsp3) is 0.233. The molecule has 4 aromatic rings. The number of thioether (sulfide) groups is 1. The van der Waals surface area contributed by atoms with E-state index in [0.29, 0.717) is 17.7 Å². The van der Waals surface area contributed by atoms with Gasteiger partial charge in [-0.05, 0) is 77.5 Å². The van der Waals surface area contributed by atoms with Crippen molar-refractivity contribution in [1.82, 2.24) is 10.3 Å². The second-order valence-corrected chi connectivity index (χ2v) is 9.85. The minimum atomic E-state index is -1.02. The Labute approximate surface area is 234 Å². The van der Waals surface area contributed by atoms with Gasteiger partial charge in [0, 0.05) is 23.3 Å². The number of benzene rings is 3. The van der Waals surface area contributed by atoms with Gasteiger partial charge in [0.25, 0.3) is 5.91 Å². The Hall–Kier alpha value is -3.04. The van der Waals surface area contributed by atoms with Crippen LogP contribution in [0.3, 0.4) is 0 Å². The van der Waals surface area contributed by atoms with Gasteiger partial charge in [-0.2, -0.15) is 11.8 Å². The van der Waals surface area contributed by atoms with Gasteiger partial charge in [-0.15, -0.1) is 0 Å². The molecule has 0 saturated carbocycles. The molecule has 2 N–H and O–H groups in total. The van der Waals surface area contributed by atoms with Crippen LogP contribution in [0.1, 0.15) is 33.5 Å². The van der Waals surface area contributed by atoms with Crippen LogP contribution in [0.4, 0.5) is 0 Å². The van der Waals surface area contributed by atoms with E-state index in [2.05, 4.69) is 28.5 Å². The van der Waals surface area contributed by atoms with Crippen molar-refractivity contribution in [2.75, 3.05) is 12.0 Å². The average molecular weight is 507 g/mol. The first-order valence-electron chi connectivity index (χ1n) is 12.0. The normalized spacial score (nSPS) is 11.5. The minimum absolute atomic E-state index is 0. The molecule has 3 aromatic carbocycles. The van der Waals surface area contributed by atoms with Crippen LogP contribution in [0.5, 0.6) is 0 Å². The third-order valence-electron chi connectivity index (χ3n) is 6.41. The van der Waals surface area contributed by atoms with Crippen molar-refractivity contribution in [1.29, 1.82) is 0 Å². The Balaban J connectivity index is 0.00000380. The monoisotopic (exact) mass is 506 g/mol. The van der Waals surface area contributed by atoms with E-state index in [4.69, 9.17) is 0 Å². The van der Waals surface area contributed by atoms with Crippen LogP contribution < -0.4 is 5.32 Å². The summed E-state index contributed by atoms with van der Waals surface area (Å²) >= 11 is 1.56. The van der Waals surface area contributed by atoms with Gasteiger partial charge in [-0.1, -0.05) is 60.7 Å². The number of aliphatic carboxylic acids is 1. The van der Waals surface area contributed by atoms with Crippen molar-refractivity contribution in [2.24, 2.45) is 0 Å². The van der Waals surface area contributed by atoms with Gasteiger partial charge < -0.3 is 10.4 Å². The van der Waals surface area contributed by atoms with E-state index in [1.807, 2.05) is 74.1 Å². The first-order valence-corrected chi connectivity index (χ1v) is 13.4. The van der Waals surface area contributed by atoms with E-state index < -0.39 is 12.0 Å². The van der Waals surface area contributed by atoms with Crippen LogP contribution in [0.2, 0.25) is 0 Å². The molecule has 1 unspecified atom stereocenters. The molecule has 0 aliphatic heterocycles. The standard InChI is InChI=1S/C30H30N2O3S.Li.H/c1-20-7-3-5-9-24(20)27-17-21(11-13-23-19-31-18-22-8-4-6-10-25(22)23)12-14-26(27)29(33)32-28(30(34)35)15-16-36-2;;/h3-10,12,14,17-19,28H,11,13,15-16H2,1-2H3,(H,32,33)(H,34,35);;. The quantitative estimate of drug-likeness (QED) is 0.286. The van der Waals surface area contributed by atoms with Gasteiger partial charge in [-0.3, -0.25) is 9.78 Å². The van der Waals surface area contributed by atoms with Gasteiger partial charge in [0.05, 0.1) is 0 Å². The Morgan fingerprint density at radius 2 is 1.73 bits per heavy atom. The van der Waals surface area contributed by atoms with Crippen molar-refractivity contribution < 1.29 is 14.7 Å². The third kappa shape index (κ3) is 7.05. The van der Waals surface area contributed by atoms with Crippen LogP contribution in [0.15, 0.2) is 79.1 Å². The molecule has 0 saturated heterocycles. The molecule has 0 radical (unpaired) electrons. The van der Waals surface area contributed by atoms with Gasteiger partial charge >= 0.3 is 24.8 Å². The first-order chi connectivity index (χ1) is 17.5. The van der Waals surface area contributed by atoms with Crippen LogP contribution in [0, 0.1) is 6.92 Å². The van der Waals surface area contributed by atoms with Gasteiger partial charge in [-0.25, -0.2) is 4.79 Å².